The number of fused-ring (bicyclic) bond motifs is 1. The van der Waals surface area contributed by atoms with Gasteiger partial charge in [-0.3, -0.25) is 9.36 Å². The Bertz CT molecular complexity index is 1370. The molecule has 0 aliphatic carbocycles. The average molecular weight is 454 g/mol. The Balaban J connectivity index is 2.05. The Hall–Kier alpha value is -3.89. The van der Waals surface area contributed by atoms with Crippen LogP contribution in [0.1, 0.15) is 0 Å². The lowest BCUT2D eigenvalue weighted by Gasteiger charge is -2.17. The van der Waals surface area contributed by atoms with Crippen LogP contribution in [0.25, 0.3) is 28.0 Å². The number of pyridine rings is 1. The Kier molecular flexibility index (Phi) is 6.29. The van der Waals surface area contributed by atoms with Crippen LogP contribution in [0.3, 0.4) is 0 Å². The molecule has 0 radical (unpaired) electrons. The van der Waals surface area contributed by atoms with Gasteiger partial charge in [0.1, 0.15) is 17.4 Å². The lowest BCUT2D eigenvalue weighted by molar-refractivity contribution is 0.203. The third kappa shape index (κ3) is 4.38. The summed E-state index contributed by atoms with van der Waals surface area (Å²) in [5, 5.41) is 22.1. The molecule has 33 heavy (non-hydrogen) atoms. The molecule has 0 saturated heterocycles. The van der Waals surface area contributed by atoms with Crippen molar-refractivity contribution in [3.05, 3.63) is 76.6 Å². The van der Waals surface area contributed by atoms with Gasteiger partial charge in [-0.2, -0.15) is 4.98 Å². The summed E-state index contributed by atoms with van der Waals surface area (Å²) >= 11 is 0. The molecular weight excluding hydrogens is 434 g/mol. The van der Waals surface area contributed by atoms with Crippen LogP contribution in [-0.4, -0.2) is 51.1 Å². The van der Waals surface area contributed by atoms with Gasteiger partial charge in [0.15, 0.2) is 5.65 Å². The van der Waals surface area contributed by atoms with Crippen molar-refractivity contribution in [3.63, 3.8) is 0 Å². The summed E-state index contributed by atoms with van der Waals surface area (Å²) in [6.07, 6.45) is 0. The van der Waals surface area contributed by atoms with Crippen LogP contribution in [0, 0.1) is 11.6 Å². The number of benzene rings is 2. The van der Waals surface area contributed by atoms with Crippen molar-refractivity contribution in [2.24, 2.45) is 0 Å². The van der Waals surface area contributed by atoms with E-state index in [1.807, 2.05) is 0 Å². The zero-order valence-electron chi connectivity index (χ0n) is 17.5. The standard InChI is InChI=1S/C23H20F2N4O4/c1-33-16-4-2-3-13(9-16)21-17-6-8-20(32)29(19-7-5-14(24)10-18(19)25)22(17)28-23(27-21)26-15(11-30)12-31/h2-10,15,30-31H,11-12H2,1H3,(H,26,27,28). The van der Waals surface area contributed by atoms with Gasteiger partial charge >= 0.3 is 0 Å². The number of halogens is 2. The highest BCUT2D eigenvalue weighted by molar-refractivity contribution is 5.92. The van der Waals surface area contributed by atoms with Crippen LogP contribution < -0.4 is 15.6 Å². The number of rotatable bonds is 7. The number of hydrogen-bond acceptors (Lipinski definition) is 7. The van der Waals surface area contributed by atoms with Gasteiger partial charge in [0, 0.05) is 23.1 Å². The van der Waals surface area contributed by atoms with Crippen molar-refractivity contribution >= 4 is 17.0 Å². The third-order valence-corrected chi connectivity index (χ3v) is 5.02. The fourth-order valence-corrected chi connectivity index (χ4v) is 3.40. The van der Waals surface area contributed by atoms with Crippen LogP contribution in [0.15, 0.2) is 59.4 Å². The summed E-state index contributed by atoms with van der Waals surface area (Å²) < 4.78 is 34.5. The summed E-state index contributed by atoms with van der Waals surface area (Å²) in [4.78, 5) is 21.7. The highest BCUT2D eigenvalue weighted by Crippen LogP contribution is 2.30. The van der Waals surface area contributed by atoms with E-state index < -0.39 is 36.4 Å². The monoisotopic (exact) mass is 454 g/mol. The molecule has 2 heterocycles. The molecule has 0 saturated carbocycles. The number of nitrogens with zero attached hydrogens (tertiary/aromatic N) is 3. The number of anilines is 1. The molecule has 3 N–H and O–H groups in total. The highest BCUT2D eigenvalue weighted by atomic mass is 19.1. The topological polar surface area (TPSA) is 110 Å². The van der Waals surface area contributed by atoms with Crippen molar-refractivity contribution in [1.82, 2.24) is 14.5 Å². The van der Waals surface area contributed by atoms with Gasteiger partial charge in [-0.25, -0.2) is 13.8 Å². The Morgan fingerprint density at radius 3 is 2.55 bits per heavy atom. The van der Waals surface area contributed by atoms with E-state index in [4.69, 9.17) is 4.74 Å². The largest absolute Gasteiger partial charge is 0.497 e. The minimum Gasteiger partial charge on any atom is -0.497 e. The Morgan fingerprint density at radius 1 is 1.06 bits per heavy atom. The maximum Gasteiger partial charge on any atom is 0.256 e. The van der Waals surface area contributed by atoms with E-state index in [-0.39, 0.29) is 17.3 Å². The number of hydrogen-bond donors (Lipinski definition) is 3. The van der Waals surface area contributed by atoms with E-state index in [0.29, 0.717) is 28.5 Å². The van der Waals surface area contributed by atoms with Crippen molar-refractivity contribution in [3.8, 4) is 22.7 Å². The van der Waals surface area contributed by atoms with Crippen LogP contribution in [-0.2, 0) is 0 Å². The van der Waals surface area contributed by atoms with Gasteiger partial charge in [-0.15, -0.1) is 0 Å². The molecule has 0 aliphatic heterocycles. The third-order valence-electron chi connectivity index (χ3n) is 5.02. The molecule has 8 nitrogen and oxygen atoms in total. The molecule has 2 aromatic carbocycles. The second-order valence-corrected chi connectivity index (χ2v) is 7.17. The maximum atomic E-state index is 14.6. The van der Waals surface area contributed by atoms with Crippen molar-refractivity contribution in [2.45, 2.75) is 6.04 Å². The van der Waals surface area contributed by atoms with E-state index in [9.17, 15) is 23.8 Å². The predicted molar refractivity (Wildman–Crippen MR) is 119 cm³/mol. The van der Waals surface area contributed by atoms with E-state index in [1.54, 1.807) is 24.3 Å². The summed E-state index contributed by atoms with van der Waals surface area (Å²) in [6.45, 7) is -0.804. The highest BCUT2D eigenvalue weighted by Gasteiger charge is 2.19. The van der Waals surface area contributed by atoms with Crippen molar-refractivity contribution < 1.29 is 23.7 Å². The van der Waals surface area contributed by atoms with Crippen LogP contribution in [0.4, 0.5) is 14.7 Å². The van der Waals surface area contributed by atoms with E-state index in [1.165, 1.54) is 19.2 Å². The SMILES string of the molecule is COc1cccc(-c2nc(NC(CO)CO)nc3c2ccc(=O)n3-c2ccc(F)cc2F)c1. The number of methoxy groups -OCH3 is 1. The Labute approximate surface area is 186 Å². The van der Waals surface area contributed by atoms with E-state index >= 15 is 0 Å². The number of ether oxygens (including phenoxy) is 1. The summed E-state index contributed by atoms with van der Waals surface area (Å²) in [5.74, 6) is -1.16. The van der Waals surface area contributed by atoms with Gasteiger partial charge in [0.2, 0.25) is 5.95 Å². The zero-order valence-corrected chi connectivity index (χ0v) is 17.5. The molecule has 0 fully saturated rings. The number of aliphatic hydroxyl groups excluding tert-OH is 2. The average Bonchev–Trinajstić information content (AvgIpc) is 2.82. The van der Waals surface area contributed by atoms with E-state index in [0.717, 1.165) is 16.7 Å². The Morgan fingerprint density at radius 2 is 1.85 bits per heavy atom. The predicted octanol–water partition coefficient (Wildman–Crippen LogP) is 2.50. The minimum atomic E-state index is -0.941. The molecule has 2 aromatic heterocycles. The van der Waals surface area contributed by atoms with Gasteiger partial charge in [0.05, 0.1) is 37.7 Å². The summed E-state index contributed by atoms with van der Waals surface area (Å²) in [5.41, 5.74) is 0.300. The second-order valence-electron chi connectivity index (χ2n) is 7.17. The molecule has 4 rings (SSSR count). The molecular formula is C23H20F2N4O4. The fraction of sp³-hybridized carbons (Fsp3) is 0.174. The van der Waals surface area contributed by atoms with Gasteiger partial charge in [-0.05, 0) is 30.3 Å². The lowest BCUT2D eigenvalue weighted by Crippen LogP contribution is -2.29. The van der Waals surface area contributed by atoms with E-state index in [2.05, 4.69) is 15.3 Å². The minimum absolute atomic E-state index is 0.00436. The number of aliphatic hydroxyl groups is 2. The number of aromatic nitrogens is 3. The molecule has 0 spiro atoms. The van der Waals surface area contributed by atoms with Crippen LogP contribution in [0.5, 0.6) is 5.75 Å². The molecule has 170 valence electrons. The fourth-order valence-electron chi connectivity index (χ4n) is 3.40. The van der Waals surface area contributed by atoms with Crippen LogP contribution in [0.2, 0.25) is 0 Å². The van der Waals surface area contributed by atoms with Crippen molar-refractivity contribution in [1.29, 1.82) is 0 Å². The summed E-state index contributed by atoms with van der Waals surface area (Å²) in [6, 6.07) is 11.9. The molecule has 10 heteroatoms. The van der Waals surface area contributed by atoms with Crippen LogP contribution >= 0.6 is 0 Å². The van der Waals surface area contributed by atoms with Gasteiger partial charge in [0.25, 0.3) is 5.56 Å². The summed E-state index contributed by atoms with van der Waals surface area (Å²) in [7, 11) is 1.52. The molecule has 0 unspecified atom stereocenters. The normalized spacial score (nSPS) is 11.2. The smallest absolute Gasteiger partial charge is 0.256 e. The second kappa shape index (κ2) is 9.31. The lowest BCUT2D eigenvalue weighted by atomic mass is 10.1. The molecule has 0 atom stereocenters. The zero-order chi connectivity index (χ0) is 23.5. The first kappa shape index (κ1) is 22.3. The first-order chi connectivity index (χ1) is 15.9. The van der Waals surface area contributed by atoms with Crippen molar-refractivity contribution in [2.75, 3.05) is 25.6 Å². The maximum absolute atomic E-state index is 14.6. The first-order valence-electron chi connectivity index (χ1n) is 9.97. The quantitative estimate of drug-likeness (QED) is 0.394. The molecule has 4 aromatic rings. The first-order valence-corrected chi connectivity index (χ1v) is 9.97. The molecule has 0 bridgehead atoms. The molecule has 0 aliphatic rings. The van der Waals surface area contributed by atoms with Gasteiger partial charge < -0.3 is 20.3 Å². The molecule has 0 amide bonds. The number of nitrogens with one attached hydrogen (secondary N) is 1. The van der Waals surface area contributed by atoms with Gasteiger partial charge in [-0.1, -0.05) is 12.1 Å².